The number of aromatic nitrogens is 2. The van der Waals surface area contributed by atoms with E-state index in [4.69, 9.17) is 5.11 Å². The summed E-state index contributed by atoms with van der Waals surface area (Å²) in [5.41, 5.74) is 2.11. The fraction of sp³-hybridized carbons (Fsp3) is 0.214. The molecule has 21 heavy (non-hydrogen) atoms. The van der Waals surface area contributed by atoms with Crippen LogP contribution in [0, 0.1) is 18.8 Å². The maximum Gasteiger partial charge on any atom is 0.265 e. The first-order valence-electron chi connectivity index (χ1n) is 6.25. The standard InChI is InChI=1S/C14H15N3O3S/c1-11-8-13(6-5-12(11)4-2-3-7-18)17-21(19,20)14-9-15-16-10-14/h5-6,8-10,17-18H,3,7H2,1H3,(H,15,16). The van der Waals surface area contributed by atoms with Crippen LogP contribution in [-0.4, -0.2) is 30.3 Å². The molecule has 1 aromatic heterocycles. The van der Waals surface area contributed by atoms with Crippen molar-refractivity contribution in [2.45, 2.75) is 18.2 Å². The molecule has 2 aromatic rings. The summed E-state index contributed by atoms with van der Waals surface area (Å²) in [6, 6.07) is 5.10. The van der Waals surface area contributed by atoms with Crippen molar-refractivity contribution in [3.05, 3.63) is 41.7 Å². The second kappa shape index (κ2) is 6.43. The number of nitrogens with one attached hydrogen (secondary N) is 2. The van der Waals surface area contributed by atoms with Gasteiger partial charge in [-0.2, -0.15) is 5.10 Å². The van der Waals surface area contributed by atoms with Gasteiger partial charge in [0.15, 0.2) is 0 Å². The SMILES string of the molecule is Cc1cc(NS(=O)(=O)c2cn[nH]c2)ccc1C#CCCO. The van der Waals surface area contributed by atoms with Gasteiger partial charge in [0.1, 0.15) is 4.90 Å². The van der Waals surface area contributed by atoms with E-state index in [-0.39, 0.29) is 11.5 Å². The van der Waals surface area contributed by atoms with Crippen LogP contribution >= 0.6 is 0 Å². The van der Waals surface area contributed by atoms with Gasteiger partial charge < -0.3 is 5.11 Å². The maximum absolute atomic E-state index is 12.0. The number of hydrogen-bond donors (Lipinski definition) is 3. The number of hydrogen-bond acceptors (Lipinski definition) is 4. The van der Waals surface area contributed by atoms with E-state index in [9.17, 15) is 8.42 Å². The molecule has 2 rings (SSSR count). The fourth-order valence-electron chi connectivity index (χ4n) is 1.68. The van der Waals surface area contributed by atoms with Crippen LogP contribution in [0.4, 0.5) is 5.69 Å². The van der Waals surface area contributed by atoms with Gasteiger partial charge in [-0.15, -0.1) is 0 Å². The Morgan fingerprint density at radius 2 is 2.24 bits per heavy atom. The number of sulfonamides is 1. The lowest BCUT2D eigenvalue weighted by Crippen LogP contribution is -2.12. The van der Waals surface area contributed by atoms with Gasteiger partial charge in [0.05, 0.1) is 12.8 Å². The highest BCUT2D eigenvalue weighted by Crippen LogP contribution is 2.18. The second-order valence-corrected chi connectivity index (χ2v) is 6.03. The van der Waals surface area contributed by atoms with Crippen molar-refractivity contribution in [2.75, 3.05) is 11.3 Å². The lowest BCUT2D eigenvalue weighted by atomic mass is 10.1. The van der Waals surface area contributed by atoms with E-state index < -0.39 is 10.0 Å². The molecular weight excluding hydrogens is 290 g/mol. The Kier molecular flexibility index (Phi) is 4.62. The number of nitrogens with zero attached hydrogens (tertiary/aromatic N) is 1. The average molecular weight is 305 g/mol. The van der Waals surface area contributed by atoms with Gasteiger partial charge in [0.2, 0.25) is 0 Å². The molecule has 6 nitrogen and oxygen atoms in total. The van der Waals surface area contributed by atoms with Gasteiger partial charge in [-0.1, -0.05) is 11.8 Å². The molecule has 7 heteroatoms. The lowest BCUT2D eigenvalue weighted by Gasteiger charge is -2.07. The van der Waals surface area contributed by atoms with Crippen molar-refractivity contribution >= 4 is 15.7 Å². The van der Waals surface area contributed by atoms with Crippen LogP contribution in [0.3, 0.4) is 0 Å². The normalized spacial score (nSPS) is 10.8. The van der Waals surface area contributed by atoms with Crippen LogP contribution in [0.25, 0.3) is 0 Å². The van der Waals surface area contributed by atoms with Gasteiger partial charge in [0, 0.05) is 23.9 Å². The van der Waals surface area contributed by atoms with Gasteiger partial charge in [0.25, 0.3) is 10.0 Å². The number of rotatable bonds is 4. The first-order chi connectivity index (χ1) is 10.0. The molecule has 0 aliphatic heterocycles. The van der Waals surface area contributed by atoms with E-state index in [2.05, 4.69) is 26.8 Å². The third-order valence-electron chi connectivity index (χ3n) is 2.72. The summed E-state index contributed by atoms with van der Waals surface area (Å²) in [6.07, 6.45) is 2.96. The summed E-state index contributed by atoms with van der Waals surface area (Å²) >= 11 is 0. The molecule has 0 amide bonds. The molecule has 0 atom stereocenters. The topological polar surface area (TPSA) is 95.1 Å². The van der Waals surface area contributed by atoms with Gasteiger partial charge in [-0.25, -0.2) is 8.42 Å². The summed E-state index contributed by atoms with van der Waals surface area (Å²) in [5.74, 6) is 5.76. The molecule has 0 bridgehead atoms. The molecule has 1 aromatic carbocycles. The number of H-pyrrole nitrogens is 1. The summed E-state index contributed by atoms with van der Waals surface area (Å²) in [6.45, 7) is 1.87. The Balaban J connectivity index is 2.20. The number of benzene rings is 1. The lowest BCUT2D eigenvalue weighted by molar-refractivity contribution is 0.305. The number of aliphatic hydroxyl groups excluding tert-OH is 1. The van der Waals surface area contributed by atoms with E-state index in [1.165, 1.54) is 12.4 Å². The van der Waals surface area contributed by atoms with Crippen molar-refractivity contribution in [3.8, 4) is 11.8 Å². The van der Waals surface area contributed by atoms with Crippen molar-refractivity contribution in [1.82, 2.24) is 10.2 Å². The predicted molar refractivity (Wildman–Crippen MR) is 79.2 cm³/mol. The van der Waals surface area contributed by atoms with Crippen LogP contribution in [0.5, 0.6) is 0 Å². The molecule has 0 aliphatic carbocycles. The summed E-state index contributed by atoms with van der Waals surface area (Å²) < 4.78 is 26.6. The van der Waals surface area contributed by atoms with Crippen LogP contribution in [0.1, 0.15) is 17.5 Å². The molecule has 1 heterocycles. The molecular formula is C14H15N3O3S. The highest BCUT2D eigenvalue weighted by Gasteiger charge is 2.15. The monoisotopic (exact) mass is 305 g/mol. The third kappa shape index (κ3) is 3.84. The smallest absolute Gasteiger partial charge is 0.265 e. The van der Waals surface area contributed by atoms with Crippen LogP contribution in [-0.2, 0) is 10.0 Å². The van der Waals surface area contributed by atoms with E-state index in [1.54, 1.807) is 18.2 Å². The molecule has 0 spiro atoms. The largest absolute Gasteiger partial charge is 0.395 e. The molecule has 110 valence electrons. The quantitative estimate of drug-likeness (QED) is 0.741. The highest BCUT2D eigenvalue weighted by molar-refractivity contribution is 7.92. The molecule has 0 unspecified atom stereocenters. The summed E-state index contributed by atoms with van der Waals surface area (Å²) in [4.78, 5) is 0.0759. The van der Waals surface area contributed by atoms with Gasteiger partial charge in [-0.3, -0.25) is 9.82 Å². The van der Waals surface area contributed by atoms with Crippen molar-refractivity contribution < 1.29 is 13.5 Å². The van der Waals surface area contributed by atoms with Crippen molar-refractivity contribution in [2.24, 2.45) is 0 Å². The molecule has 0 saturated heterocycles. The van der Waals surface area contributed by atoms with Crippen LogP contribution in [0.2, 0.25) is 0 Å². The number of aryl methyl sites for hydroxylation is 1. The third-order valence-corrected chi connectivity index (χ3v) is 4.07. The van der Waals surface area contributed by atoms with Crippen molar-refractivity contribution in [1.29, 1.82) is 0 Å². The zero-order chi connectivity index (χ0) is 15.3. The van der Waals surface area contributed by atoms with E-state index in [1.807, 2.05) is 6.92 Å². The van der Waals surface area contributed by atoms with E-state index >= 15 is 0 Å². The number of aromatic amines is 1. The Morgan fingerprint density at radius 1 is 1.43 bits per heavy atom. The minimum Gasteiger partial charge on any atom is -0.395 e. The van der Waals surface area contributed by atoms with E-state index in [0.717, 1.165) is 11.1 Å². The second-order valence-electron chi connectivity index (χ2n) is 4.34. The summed E-state index contributed by atoms with van der Waals surface area (Å²) in [5, 5.41) is 14.8. The Morgan fingerprint density at radius 3 is 2.86 bits per heavy atom. The Bertz CT molecular complexity index is 772. The average Bonchev–Trinajstić information content (AvgIpc) is 2.96. The zero-order valence-electron chi connectivity index (χ0n) is 11.4. The predicted octanol–water partition coefficient (Wildman–Crippen LogP) is 1.25. The Labute approximate surface area is 123 Å². The Hall–Kier alpha value is -2.30. The molecule has 0 radical (unpaired) electrons. The zero-order valence-corrected chi connectivity index (χ0v) is 12.2. The van der Waals surface area contributed by atoms with Crippen LogP contribution in [0.15, 0.2) is 35.5 Å². The number of aliphatic hydroxyl groups is 1. The fourth-order valence-corrected chi connectivity index (χ4v) is 2.64. The minimum atomic E-state index is -3.63. The van der Waals surface area contributed by atoms with Crippen molar-refractivity contribution in [3.63, 3.8) is 0 Å². The minimum absolute atomic E-state index is 0.0225. The van der Waals surface area contributed by atoms with Gasteiger partial charge >= 0.3 is 0 Å². The first kappa shape index (κ1) is 15.1. The molecule has 0 aliphatic rings. The van der Waals surface area contributed by atoms with Crippen LogP contribution < -0.4 is 4.72 Å². The first-order valence-corrected chi connectivity index (χ1v) is 7.73. The highest BCUT2D eigenvalue weighted by atomic mass is 32.2. The molecule has 0 fully saturated rings. The van der Waals surface area contributed by atoms with E-state index in [0.29, 0.717) is 12.1 Å². The summed E-state index contributed by atoms with van der Waals surface area (Å²) in [7, 11) is -3.63. The maximum atomic E-state index is 12.0. The van der Waals surface area contributed by atoms with Gasteiger partial charge in [-0.05, 0) is 30.7 Å². The molecule has 3 N–H and O–H groups in total. The molecule has 0 saturated carbocycles. The number of anilines is 1.